The summed E-state index contributed by atoms with van der Waals surface area (Å²) < 4.78 is 5.53. The van der Waals surface area contributed by atoms with Crippen LogP contribution in [-0.2, 0) is 0 Å². The molecule has 6 nitrogen and oxygen atoms in total. The summed E-state index contributed by atoms with van der Waals surface area (Å²) in [5.74, 6) is 4.24. The second-order valence-electron chi connectivity index (χ2n) is 7.00. The van der Waals surface area contributed by atoms with E-state index in [1.54, 1.807) is 11.0 Å². The number of amides is 1. The fourth-order valence-corrected chi connectivity index (χ4v) is 3.11. The quantitative estimate of drug-likeness (QED) is 0.782. The Hall–Kier alpha value is -3.07. The third kappa shape index (κ3) is 4.37. The van der Waals surface area contributed by atoms with E-state index in [2.05, 4.69) is 34.9 Å². The van der Waals surface area contributed by atoms with Gasteiger partial charge in [-0.25, -0.2) is 4.79 Å². The maximum atomic E-state index is 12.5. The van der Waals surface area contributed by atoms with Crippen LogP contribution in [0.4, 0.5) is 10.6 Å². The van der Waals surface area contributed by atoms with Crippen LogP contribution < -0.4 is 9.64 Å². The normalized spacial score (nSPS) is 16.9. The maximum absolute atomic E-state index is 12.5. The van der Waals surface area contributed by atoms with Gasteiger partial charge >= 0.3 is 6.09 Å². The number of terminal acetylenes is 1. The van der Waals surface area contributed by atoms with Crippen molar-refractivity contribution in [3.63, 3.8) is 0 Å². The van der Waals surface area contributed by atoms with Gasteiger partial charge in [0.15, 0.2) is 5.82 Å². The highest BCUT2D eigenvalue weighted by molar-refractivity contribution is 5.71. The zero-order valence-corrected chi connectivity index (χ0v) is 15.9. The summed E-state index contributed by atoms with van der Waals surface area (Å²) in [7, 11) is 0. The molecule has 1 amide bonds. The molecule has 0 bridgehead atoms. The topological polar surface area (TPSA) is 58.6 Å². The zero-order valence-electron chi connectivity index (χ0n) is 15.9. The summed E-state index contributed by atoms with van der Waals surface area (Å²) in [5, 5.41) is 8.19. The number of aromatic nitrogens is 2. The predicted molar refractivity (Wildman–Crippen MR) is 105 cm³/mol. The molecule has 0 spiro atoms. The van der Waals surface area contributed by atoms with Gasteiger partial charge in [-0.05, 0) is 48.6 Å². The number of piperazine rings is 1. The summed E-state index contributed by atoms with van der Waals surface area (Å²) in [6, 6.07) is 11.4. The number of anilines is 1. The van der Waals surface area contributed by atoms with E-state index < -0.39 is 0 Å². The Morgan fingerprint density at radius 3 is 2.48 bits per heavy atom. The number of carbonyl (C=O) groups excluding carboxylic acids is 1. The first-order valence-electron chi connectivity index (χ1n) is 9.11. The van der Waals surface area contributed by atoms with Gasteiger partial charge in [0, 0.05) is 25.7 Å². The van der Waals surface area contributed by atoms with Crippen LogP contribution in [0.3, 0.4) is 0 Å². The lowest BCUT2D eigenvalue weighted by Gasteiger charge is -2.39. The smallest absolute Gasteiger partial charge is 0.410 e. The molecule has 27 heavy (non-hydrogen) atoms. The average molecular weight is 364 g/mol. The minimum atomic E-state index is -0.326. The number of nitrogens with zero attached hydrogens (tertiary/aromatic N) is 4. The molecule has 0 radical (unpaired) electrons. The Balaban J connectivity index is 1.59. The first-order chi connectivity index (χ1) is 13.0. The molecule has 1 aliphatic rings. The molecular formula is C21H24N4O2. The second-order valence-corrected chi connectivity index (χ2v) is 7.00. The van der Waals surface area contributed by atoms with Crippen molar-refractivity contribution in [3.05, 3.63) is 47.7 Å². The lowest BCUT2D eigenvalue weighted by Crippen LogP contribution is -2.54. The van der Waals surface area contributed by atoms with E-state index in [-0.39, 0.29) is 12.1 Å². The predicted octanol–water partition coefficient (Wildman–Crippen LogP) is 3.29. The monoisotopic (exact) mass is 364 g/mol. The summed E-state index contributed by atoms with van der Waals surface area (Å²) in [4.78, 5) is 16.3. The maximum Gasteiger partial charge on any atom is 0.415 e. The number of benzene rings is 1. The highest BCUT2D eigenvalue weighted by Gasteiger charge is 2.28. The van der Waals surface area contributed by atoms with Crippen LogP contribution in [0.2, 0.25) is 0 Å². The summed E-state index contributed by atoms with van der Waals surface area (Å²) in [6.45, 7) is 8.09. The molecule has 6 heteroatoms. The standard InChI is InChI=1S/C21H24N4O2/c1-5-18-8-11-20(23-22-18)25-13-12-24(14-16(25)4)21(26)27-19-9-6-17(7-10-19)15(2)3/h1,6-11,15-16H,12-14H2,2-4H3. The number of hydrogen-bond donors (Lipinski definition) is 0. The van der Waals surface area contributed by atoms with Crippen molar-refractivity contribution in [2.75, 3.05) is 24.5 Å². The van der Waals surface area contributed by atoms with Crippen LogP contribution >= 0.6 is 0 Å². The van der Waals surface area contributed by atoms with E-state index in [0.717, 1.165) is 5.82 Å². The Morgan fingerprint density at radius 1 is 1.19 bits per heavy atom. The van der Waals surface area contributed by atoms with E-state index in [9.17, 15) is 4.79 Å². The second kappa shape index (κ2) is 8.09. The van der Waals surface area contributed by atoms with Gasteiger partial charge in [0.2, 0.25) is 0 Å². The molecular weight excluding hydrogens is 340 g/mol. The Kier molecular flexibility index (Phi) is 5.60. The molecule has 0 N–H and O–H groups in total. The van der Waals surface area contributed by atoms with Gasteiger partial charge in [-0.1, -0.05) is 26.0 Å². The van der Waals surface area contributed by atoms with Crippen molar-refractivity contribution in [2.45, 2.75) is 32.7 Å². The highest BCUT2D eigenvalue weighted by Crippen LogP contribution is 2.21. The van der Waals surface area contributed by atoms with E-state index >= 15 is 0 Å². The van der Waals surface area contributed by atoms with Crippen molar-refractivity contribution in [3.8, 4) is 18.1 Å². The molecule has 1 unspecified atom stereocenters. The van der Waals surface area contributed by atoms with E-state index in [1.807, 2.05) is 37.3 Å². The Morgan fingerprint density at radius 2 is 1.93 bits per heavy atom. The van der Waals surface area contributed by atoms with Gasteiger partial charge in [0.25, 0.3) is 0 Å². The molecule has 2 aromatic rings. The molecule has 0 saturated carbocycles. The van der Waals surface area contributed by atoms with Crippen molar-refractivity contribution in [1.82, 2.24) is 15.1 Å². The Bertz CT molecular complexity index is 825. The fraction of sp³-hybridized carbons (Fsp3) is 0.381. The first kappa shape index (κ1) is 18.7. The van der Waals surface area contributed by atoms with E-state index in [0.29, 0.717) is 37.0 Å². The largest absolute Gasteiger partial charge is 0.415 e. The molecule has 3 rings (SSSR count). The van der Waals surface area contributed by atoms with Gasteiger partial charge in [0.05, 0.1) is 0 Å². The number of rotatable bonds is 3. The van der Waals surface area contributed by atoms with Crippen molar-refractivity contribution < 1.29 is 9.53 Å². The molecule has 0 aliphatic carbocycles. The minimum absolute atomic E-state index is 0.0978. The fourth-order valence-electron chi connectivity index (χ4n) is 3.11. The van der Waals surface area contributed by atoms with Crippen molar-refractivity contribution >= 4 is 11.9 Å². The summed E-state index contributed by atoms with van der Waals surface area (Å²) in [6.07, 6.45) is 4.99. The molecule has 1 aliphatic heterocycles. The molecule has 1 fully saturated rings. The average Bonchev–Trinajstić information content (AvgIpc) is 2.68. The van der Waals surface area contributed by atoms with Gasteiger partial charge < -0.3 is 14.5 Å². The number of carbonyl (C=O) groups is 1. The van der Waals surface area contributed by atoms with Crippen LogP contribution in [0, 0.1) is 12.3 Å². The van der Waals surface area contributed by atoms with Gasteiger partial charge in [-0.3, -0.25) is 0 Å². The van der Waals surface area contributed by atoms with E-state index in [4.69, 9.17) is 11.2 Å². The number of hydrogen-bond acceptors (Lipinski definition) is 5. The summed E-state index contributed by atoms with van der Waals surface area (Å²) >= 11 is 0. The molecule has 1 aromatic carbocycles. The highest BCUT2D eigenvalue weighted by atomic mass is 16.6. The summed E-state index contributed by atoms with van der Waals surface area (Å²) in [5.41, 5.74) is 1.73. The first-order valence-corrected chi connectivity index (χ1v) is 9.11. The Labute approximate surface area is 160 Å². The SMILES string of the molecule is C#Cc1ccc(N2CCN(C(=O)Oc3ccc(C(C)C)cc3)CC2C)nn1. The molecule has 140 valence electrons. The van der Waals surface area contributed by atoms with Crippen LogP contribution in [-0.4, -0.2) is 46.9 Å². The third-order valence-electron chi connectivity index (χ3n) is 4.73. The van der Waals surface area contributed by atoms with Crippen molar-refractivity contribution in [1.29, 1.82) is 0 Å². The number of ether oxygens (including phenoxy) is 1. The van der Waals surface area contributed by atoms with E-state index in [1.165, 1.54) is 5.56 Å². The van der Waals surface area contributed by atoms with Gasteiger partial charge in [0.1, 0.15) is 11.4 Å². The molecule has 1 aromatic heterocycles. The lowest BCUT2D eigenvalue weighted by molar-refractivity contribution is 0.142. The molecule has 1 saturated heterocycles. The van der Waals surface area contributed by atoms with Crippen LogP contribution in [0.5, 0.6) is 5.75 Å². The van der Waals surface area contributed by atoms with Crippen LogP contribution in [0.1, 0.15) is 37.9 Å². The minimum Gasteiger partial charge on any atom is -0.410 e. The molecule has 1 atom stereocenters. The zero-order chi connectivity index (χ0) is 19.4. The van der Waals surface area contributed by atoms with Gasteiger partial charge in [-0.2, -0.15) is 0 Å². The van der Waals surface area contributed by atoms with Crippen LogP contribution in [0.15, 0.2) is 36.4 Å². The van der Waals surface area contributed by atoms with Crippen LogP contribution in [0.25, 0.3) is 0 Å². The van der Waals surface area contributed by atoms with Crippen molar-refractivity contribution in [2.24, 2.45) is 0 Å². The third-order valence-corrected chi connectivity index (χ3v) is 4.73. The lowest BCUT2D eigenvalue weighted by atomic mass is 10.0. The van der Waals surface area contributed by atoms with Gasteiger partial charge in [-0.15, -0.1) is 16.6 Å². The molecule has 2 heterocycles.